The van der Waals surface area contributed by atoms with Crippen molar-refractivity contribution in [3.8, 4) is 0 Å². The Kier molecular flexibility index (Phi) is 6.92. The fourth-order valence-electron chi connectivity index (χ4n) is 1.14. The van der Waals surface area contributed by atoms with Gasteiger partial charge in [-0.2, -0.15) is 0 Å². The van der Waals surface area contributed by atoms with Gasteiger partial charge in [-0.25, -0.2) is 4.79 Å². The SMILES string of the molecule is C/C=C/C=C/C(=O)NC(C(=O)O)C(C)CC. The van der Waals surface area contributed by atoms with Crippen molar-refractivity contribution < 1.29 is 14.7 Å². The molecule has 90 valence electrons. The molecule has 2 N–H and O–H groups in total. The number of carbonyl (C=O) groups excluding carboxylic acids is 1. The normalized spacial score (nSPS) is 15.2. The Morgan fingerprint density at radius 3 is 2.44 bits per heavy atom. The molecule has 0 radical (unpaired) electrons. The zero-order chi connectivity index (χ0) is 12.6. The number of allylic oxidation sites excluding steroid dienone is 3. The maximum absolute atomic E-state index is 11.4. The summed E-state index contributed by atoms with van der Waals surface area (Å²) in [6, 6.07) is -0.826. The number of carboxylic acids is 1. The Balaban J connectivity index is 4.41. The van der Waals surface area contributed by atoms with Gasteiger partial charge >= 0.3 is 5.97 Å². The van der Waals surface area contributed by atoms with E-state index < -0.39 is 12.0 Å². The van der Waals surface area contributed by atoms with E-state index in [-0.39, 0.29) is 11.8 Å². The largest absolute Gasteiger partial charge is 0.480 e. The molecule has 4 heteroatoms. The first kappa shape index (κ1) is 14.4. The smallest absolute Gasteiger partial charge is 0.326 e. The van der Waals surface area contributed by atoms with E-state index in [1.807, 2.05) is 13.8 Å². The molecular weight excluding hydrogens is 206 g/mol. The van der Waals surface area contributed by atoms with Crippen molar-refractivity contribution in [3.05, 3.63) is 24.3 Å². The number of nitrogens with one attached hydrogen (secondary N) is 1. The molecule has 2 atom stereocenters. The van der Waals surface area contributed by atoms with Crippen molar-refractivity contribution in [1.29, 1.82) is 0 Å². The number of carboxylic acid groups (broad SMARTS) is 1. The minimum atomic E-state index is -0.998. The molecule has 0 fully saturated rings. The van der Waals surface area contributed by atoms with Crippen molar-refractivity contribution in [2.24, 2.45) is 5.92 Å². The summed E-state index contributed by atoms with van der Waals surface area (Å²) >= 11 is 0. The number of carbonyl (C=O) groups is 2. The van der Waals surface area contributed by atoms with Crippen LogP contribution in [0.4, 0.5) is 0 Å². The lowest BCUT2D eigenvalue weighted by molar-refractivity contribution is -0.142. The van der Waals surface area contributed by atoms with Crippen LogP contribution in [0.25, 0.3) is 0 Å². The van der Waals surface area contributed by atoms with Crippen LogP contribution in [-0.4, -0.2) is 23.0 Å². The van der Waals surface area contributed by atoms with E-state index >= 15 is 0 Å². The van der Waals surface area contributed by atoms with Crippen LogP contribution in [-0.2, 0) is 9.59 Å². The van der Waals surface area contributed by atoms with Gasteiger partial charge in [0.2, 0.25) is 5.91 Å². The topological polar surface area (TPSA) is 66.4 Å². The quantitative estimate of drug-likeness (QED) is 0.534. The molecule has 0 aromatic rings. The maximum Gasteiger partial charge on any atom is 0.326 e. The minimum Gasteiger partial charge on any atom is -0.480 e. The first-order chi connectivity index (χ1) is 7.52. The third-order valence-corrected chi connectivity index (χ3v) is 2.33. The average Bonchev–Trinajstić information content (AvgIpc) is 2.25. The number of aliphatic carboxylic acids is 1. The van der Waals surface area contributed by atoms with Gasteiger partial charge in [0, 0.05) is 6.08 Å². The third kappa shape index (κ3) is 5.34. The fourth-order valence-corrected chi connectivity index (χ4v) is 1.14. The van der Waals surface area contributed by atoms with Gasteiger partial charge in [0.05, 0.1) is 0 Å². The molecule has 0 aromatic heterocycles. The van der Waals surface area contributed by atoms with Gasteiger partial charge in [0.25, 0.3) is 0 Å². The van der Waals surface area contributed by atoms with E-state index in [0.717, 1.165) is 0 Å². The van der Waals surface area contributed by atoms with Gasteiger partial charge in [-0.05, 0) is 12.8 Å². The molecule has 0 aliphatic heterocycles. The standard InChI is InChI=1S/C12H19NO3/c1-4-6-7-8-10(14)13-11(12(15)16)9(3)5-2/h4,6-9,11H,5H2,1-3H3,(H,13,14)(H,15,16)/b6-4+,8-7+. The minimum absolute atomic E-state index is 0.0865. The highest BCUT2D eigenvalue weighted by Gasteiger charge is 2.24. The van der Waals surface area contributed by atoms with Crippen molar-refractivity contribution in [1.82, 2.24) is 5.32 Å². The van der Waals surface area contributed by atoms with Crippen LogP contribution in [0.5, 0.6) is 0 Å². The van der Waals surface area contributed by atoms with Gasteiger partial charge in [0.1, 0.15) is 6.04 Å². The van der Waals surface area contributed by atoms with Crippen molar-refractivity contribution in [2.45, 2.75) is 33.2 Å². The third-order valence-electron chi connectivity index (χ3n) is 2.33. The van der Waals surface area contributed by atoms with Crippen molar-refractivity contribution in [2.75, 3.05) is 0 Å². The van der Waals surface area contributed by atoms with Crippen LogP contribution >= 0.6 is 0 Å². The van der Waals surface area contributed by atoms with E-state index in [1.54, 1.807) is 25.2 Å². The number of hydrogen-bond donors (Lipinski definition) is 2. The molecular formula is C12H19NO3. The summed E-state index contributed by atoms with van der Waals surface area (Å²) in [7, 11) is 0. The van der Waals surface area contributed by atoms with Gasteiger partial charge < -0.3 is 10.4 Å². The van der Waals surface area contributed by atoms with Crippen LogP contribution < -0.4 is 5.32 Å². The van der Waals surface area contributed by atoms with E-state index in [1.165, 1.54) is 6.08 Å². The molecule has 0 aliphatic rings. The molecule has 0 saturated heterocycles. The van der Waals surface area contributed by atoms with E-state index in [0.29, 0.717) is 6.42 Å². The summed E-state index contributed by atoms with van der Waals surface area (Å²) in [5.41, 5.74) is 0. The molecule has 0 spiro atoms. The Bertz CT molecular complexity index is 295. The average molecular weight is 225 g/mol. The highest BCUT2D eigenvalue weighted by Crippen LogP contribution is 2.07. The van der Waals surface area contributed by atoms with Crippen LogP contribution in [0.2, 0.25) is 0 Å². The van der Waals surface area contributed by atoms with Gasteiger partial charge in [-0.1, -0.05) is 38.5 Å². The van der Waals surface area contributed by atoms with Crippen molar-refractivity contribution >= 4 is 11.9 Å². The number of amides is 1. The molecule has 16 heavy (non-hydrogen) atoms. The summed E-state index contributed by atoms with van der Waals surface area (Å²) in [5, 5.41) is 11.4. The second-order valence-electron chi connectivity index (χ2n) is 3.59. The fraction of sp³-hybridized carbons (Fsp3) is 0.500. The van der Waals surface area contributed by atoms with E-state index in [9.17, 15) is 9.59 Å². The molecule has 0 saturated carbocycles. The summed E-state index contributed by atoms with van der Waals surface area (Å²) in [6.45, 7) is 5.53. The molecule has 0 aliphatic carbocycles. The van der Waals surface area contributed by atoms with Crippen LogP contribution in [0.3, 0.4) is 0 Å². The highest BCUT2D eigenvalue weighted by molar-refractivity contribution is 5.91. The molecule has 0 rings (SSSR count). The number of hydrogen-bond acceptors (Lipinski definition) is 2. The lowest BCUT2D eigenvalue weighted by Gasteiger charge is -2.19. The highest BCUT2D eigenvalue weighted by atomic mass is 16.4. The van der Waals surface area contributed by atoms with Crippen molar-refractivity contribution in [3.63, 3.8) is 0 Å². The Labute approximate surface area is 96.0 Å². The van der Waals surface area contributed by atoms with Crippen LogP contribution in [0.15, 0.2) is 24.3 Å². The lowest BCUT2D eigenvalue weighted by Crippen LogP contribution is -2.44. The van der Waals surface area contributed by atoms with Crippen LogP contribution in [0, 0.1) is 5.92 Å². The first-order valence-corrected chi connectivity index (χ1v) is 5.35. The molecule has 2 unspecified atom stereocenters. The van der Waals surface area contributed by atoms with Gasteiger partial charge in [0.15, 0.2) is 0 Å². The second kappa shape index (κ2) is 7.68. The summed E-state index contributed by atoms with van der Waals surface area (Å²) in [6.07, 6.45) is 7.09. The predicted molar refractivity (Wildman–Crippen MR) is 63.0 cm³/mol. The summed E-state index contributed by atoms with van der Waals surface area (Å²) in [4.78, 5) is 22.3. The lowest BCUT2D eigenvalue weighted by atomic mass is 9.99. The van der Waals surface area contributed by atoms with Gasteiger partial charge in [-0.3, -0.25) is 4.79 Å². The summed E-state index contributed by atoms with van der Waals surface area (Å²) < 4.78 is 0. The zero-order valence-corrected chi connectivity index (χ0v) is 9.93. The monoisotopic (exact) mass is 225 g/mol. The molecule has 1 amide bonds. The maximum atomic E-state index is 11.4. The molecule has 0 heterocycles. The molecule has 4 nitrogen and oxygen atoms in total. The zero-order valence-electron chi connectivity index (χ0n) is 9.93. The predicted octanol–water partition coefficient (Wildman–Crippen LogP) is 1.73. The second-order valence-corrected chi connectivity index (χ2v) is 3.59. The summed E-state index contributed by atoms with van der Waals surface area (Å²) in [5.74, 6) is -1.47. The van der Waals surface area contributed by atoms with Crippen LogP contribution in [0.1, 0.15) is 27.2 Å². The molecule has 0 bridgehead atoms. The molecule has 0 aromatic carbocycles. The first-order valence-electron chi connectivity index (χ1n) is 5.35. The van der Waals surface area contributed by atoms with E-state index in [4.69, 9.17) is 5.11 Å². The Morgan fingerprint density at radius 2 is 2.00 bits per heavy atom. The van der Waals surface area contributed by atoms with E-state index in [2.05, 4.69) is 5.32 Å². The Hall–Kier alpha value is -1.58. The van der Waals surface area contributed by atoms with Gasteiger partial charge in [-0.15, -0.1) is 0 Å². The number of rotatable bonds is 6. The Morgan fingerprint density at radius 1 is 1.38 bits per heavy atom.